The van der Waals surface area contributed by atoms with Crippen LogP contribution in [0.3, 0.4) is 0 Å². The third-order valence-electron chi connectivity index (χ3n) is 6.23. The van der Waals surface area contributed by atoms with E-state index in [-0.39, 0.29) is 11.7 Å². The van der Waals surface area contributed by atoms with E-state index >= 15 is 0 Å². The lowest BCUT2D eigenvalue weighted by molar-refractivity contribution is -0.130. The van der Waals surface area contributed by atoms with Crippen LogP contribution >= 0.6 is 11.3 Å². The van der Waals surface area contributed by atoms with E-state index in [1.807, 2.05) is 17.0 Å². The maximum absolute atomic E-state index is 13.3. The molecule has 1 aromatic heterocycles. The molecule has 2 atom stereocenters. The van der Waals surface area contributed by atoms with Crippen molar-refractivity contribution in [2.24, 2.45) is 5.92 Å². The molecule has 0 bridgehead atoms. The SMILES string of the molecule is COc1ccc(C2CN(Cc3ccsc3)CC2CN(Cc2ccc(F)cc2)C(C)=O)cc1. The number of hydrogen-bond donors (Lipinski definition) is 0. The van der Waals surface area contributed by atoms with Gasteiger partial charge in [-0.25, -0.2) is 4.39 Å². The summed E-state index contributed by atoms with van der Waals surface area (Å²) in [6.45, 7) is 5.58. The van der Waals surface area contributed by atoms with Crippen molar-refractivity contribution < 1.29 is 13.9 Å². The van der Waals surface area contributed by atoms with Crippen LogP contribution in [0.1, 0.15) is 29.5 Å². The molecule has 2 unspecified atom stereocenters. The second kappa shape index (κ2) is 10.3. The van der Waals surface area contributed by atoms with Crippen molar-refractivity contribution in [2.75, 3.05) is 26.7 Å². The molecule has 168 valence electrons. The summed E-state index contributed by atoms with van der Waals surface area (Å²) in [5.41, 5.74) is 3.54. The van der Waals surface area contributed by atoms with Crippen LogP contribution in [0.2, 0.25) is 0 Å². The van der Waals surface area contributed by atoms with Crippen molar-refractivity contribution in [2.45, 2.75) is 25.9 Å². The van der Waals surface area contributed by atoms with Crippen LogP contribution in [-0.2, 0) is 17.9 Å². The van der Waals surface area contributed by atoms with Gasteiger partial charge in [0.2, 0.25) is 5.91 Å². The number of rotatable bonds is 8. The van der Waals surface area contributed by atoms with E-state index in [0.29, 0.717) is 24.9 Å². The van der Waals surface area contributed by atoms with Crippen molar-refractivity contribution in [1.82, 2.24) is 9.80 Å². The quantitative estimate of drug-likeness (QED) is 0.473. The Morgan fingerprint density at radius 2 is 1.84 bits per heavy atom. The molecule has 4 nitrogen and oxygen atoms in total. The van der Waals surface area contributed by atoms with Gasteiger partial charge < -0.3 is 9.64 Å². The minimum absolute atomic E-state index is 0.0408. The smallest absolute Gasteiger partial charge is 0.219 e. The maximum Gasteiger partial charge on any atom is 0.219 e. The first-order valence-corrected chi connectivity index (χ1v) is 11.8. The third-order valence-corrected chi connectivity index (χ3v) is 6.97. The fourth-order valence-corrected chi connectivity index (χ4v) is 5.20. The lowest BCUT2D eigenvalue weighted by Gasteiger charge is -2.28. The van der Waals surface area contributed by atoms with Gasteiger partial charge >= 0.3 is 0 Å². The van der Waals surface area contributed by atoms with E-state index in [1.54, 1.807) is 37.5 Å². The number of nitrogens with zero attached hydrogens (tertiary/aromatic N) is 2. The molecule has 1 fully saturated rings. The average molecular weight is 453 g/mol. The summed E-state index contributed by atoms with van der Waals surface area (Å²) in [6.07, 6.45) is 0. The molecule has 2 heterocycles. The van der Waals surface area contributed by atoms with Crippen LogP contribution in [0.15, 0.2) is 65.4 Å². The molecule has 1 aliphatic rings. The highest BCUT2D eigenvalue weighted by atomic mass is 32.1. The van der Waals surface area contributed by atoms with E-state index in [2.05, 4.69) is 33.9 Å². The maximum atomic E-state index is 13.3. The van der Waals surface area contributed by atoms with Gasteiger partial charge in [0.25, 0.3) is 0 Å². The second-order valence-electron chi connectivity index (χ2n) is 8.49. The highest BCUT2D eigenvalue weighted by Crippen LogP contribution is 2.35. The predicted molar refractivity (Wildman–Crippen MR) is 126 cm³/mol. The van der Waals surface area contributed by atoms with Gasteiger partial charge in [0.05, 0.1) is 7.11 Å². The minimum Gasteiger partial charge on any atom is -0.497 e. The van der Waals surface area contributed by atoms with Gasteiger partial charge in [-0.2, -0.15) is 11.3 Å². The Morgan fingerprint density at radius 3 is 2.47 bits per heavy atom. The molecular formula is C26H29FN2O2S. The van der Waals surface area contributed by atoms with Crippen molar-refractivity contribution in [3.8, 4) is 5.75 Å². The number of benzene rings is 2. The van der Waals surface area contributed by atoms with Crippen molar-refractivity contribution in [1.29, 1.82) is 0 Å². The zero-order chi connectivity index (χ0) is 22.5. The summed E-state index contributed by atoms with van der Waals surface area (Å²) in [5.74, 6) is 1.27. The van der Waals surface area contributed by atoms with Crippen LogP contribution in [0, 0.1) is 11.7 Å². The Labute approximate surface area is 193 Å². The van der Waals surface area contributed by atoms with E-state index in [0.717, 1.165) is 30.9 Å². The molecule has 1 aliphatic heterocycles. The van der Waals surface area contributed by atoms with Crippen LogP contribution < -0.4 is 4.74 Å². The first kappa shape index (κ1) is 22.5. The van der Waals surface area contributed by atoms with E-state index < -0.39 is 0 Å². The van der Waals surface area contributed by atoms with Gasteiger partial charge in [0.15, 0.2) is 0 Å². The normalized spacial score (nSPS) is 18.6. The number of methoxy groups -OCH3 is 1. The van der Waals surface area contributed by atoms with Gasteiger partial charge in [-0.15, -0.1) is 0 Å². The topological polar surface area (TPSA) is 32.8 Å². The number of carbonyl (C=O) groups is 1. The molecule has 0 saturated carbocycles. The van der Waals surface area contributed by atoms with Gasteiger partial charge in [-0.3, -0.25) is 9.69 Å². The number of likely N-dealkylation sites (tertiary alicyclic amines) is 1. The molecule has 2 aromatic carbocycles. The predicted octanol–water partition coefficient (Wildman–Crippen LogP) is 5.16. The standard InChI is InChI=1S/C26H29FN2O2S/c1-19(30)29(14-20-3-7-24(27)8-4-20)16-23-15-28(13-21-11-12-32-18-21)17-26(23)22-5-9-25(31-2)10-6-22/h3-12,18,23,26H,13-17H2,1-2H3. The van der Waals surface area contributed by atoms with Gasteiger partial charge in [-0.05, 0) is 63.7 Å². The summed E-state index contributed by atoms with van der Waals surface area (Å²) >= 11 is 1.72. The highest BCUT2D eigenvalue weighted by molar-refractivity contribution is 7.07. The number of amides is 1. The molecule has 0 radical (unpaired) electrons. The van der Waals surface area contributed by atoms with Crippen LogP contribution in [0.4, 0.5) is 4.39 Å². The Balaban J connectivity index is 1.53. The average Bonchev–Trinajstić information content (AvgIpc) is 3.45. The lowest BCUT2D eigenvalue weighted by Crippen LogP contribution is -2.35. The van der Waals surface area contributed by atoms with Gasteiger partial charge in [0.1, 0.15) is 11.6 Å². The molecule has 1 amide bonds. The summed E-state index contributed by atoms with van der Waals surface area (Å²) in [6, 6.07) is 16.9. The number of ether oxygens (including phenoxy) is 1. The van der Waals surface area contributed by atoms with Gasteiger partial charge in [0, 0.05) is 45.6 Å². The summed E-state index contributed by atoms with van der Waals surface area (Å²) in [4.78, 5) is 16.9. The molecular weight excluding hydrogens is 423 g/mol. The minimum atomic E-state index is -0.262. The van der Waals surface area contributed by atoms with E-state index in [4.69, 9.17) is 4.74 Å². The monoisotopic (exact) mass is 452 g/mol. The first-order chi connectivity index (χ1) is 15.5. The highest BCUT2D eigenvalue weighted by Gasteiger charge is 2.35. The molecule has 6 heteroatoms. The third kappa shape index (κ3) is 5.56. The number of thiophene rings is 1. The molecule has 4 rings (SSSR count). The summed E-state index contributed by atoms with van der Waals surface area (Å²) < 4.78 is 18.6. The Kier molecular flexibility index (Phi) is 7.22. The van der Waals surface area contributed by atoms with Crippen molar-refractivity contribution in [3.05, 3.63) is 87.9 Å². The van der Waals surface area contributed by atoms with Crippen molar-refractivity contribution in [3.63, 3.8) is 0 Å². The van der Waals surface area contributed by atoms with Crippen LogP contribution in [-0.4, -0.2) is 42.5 Å². The number of halogens is 1. The van der Waals surface area contributed by atoms with Gasteiger partial charge in [-0.1, -0.05) is 24.3 Å². The van der Waals surface area contributed by atoms with E-state index in [9.17, 15) is 9.18 Å². The summed E-state index contributed by atoms with van der Waals surface area (Å²) in [7, 11) is 1.68. The Morgan fingerprint density at radius 1 is 1.09 bits per heavy atom. The number of hydrogen-bond acceptors (Lipinski definition) is 4. The Hall–Kier alpha value is -2.70. The number of carbonyl (C=O) groups excluding carboxylic acids is 1. The molecule has 0 N–H and O–H groups in total. The second-order valence-corrected chi connectivity index (χ2v) is 9.27. The van der Waals surface area contributed by atoms with Crippen LogP contribution in [0.5, 0.6) is 5.75 Å². The fourth-order valence-electron chi connectivity index (χ4n) is 4.54. The molecule has 1 saturated heterocycles. The zero-order valence-corrected chi connectivity index (χ0v) is 19.4. The molecule has 0 spiro atoms. The zero-order valence-electron chi connectivity index (χ0n) is 18.5. The molecule has 3 aromatic rings. The first-order valence-electron chi connectivity index (χ1n) is 10.9. The summed E-state index contributed by atoms with van der Waals surface area (Å²) in [5, 5.41) is 4.32. The lowest BCUT2D eigenvalue weighted by atomic mass is 9.88. The van der Waals surface area contributed by atoms with Crippen LogP contribution in [0.25, 0.3) is 0 Å². The molecule has 0 aliphatic carbocycles. The Bertz CT molecular complexity index is 1010. The van der Waals surface area contributed by atoms with Crippen molar-refractivity contribution >= 4 is 17.2 Å². The largest absolute Gasteiger partial charge is 0.497 e. The fraction of sp³-hybridized carbons (Fsp3) is 0.346. The van der Waals surface area contributed by atoms with E-state index in [1.165, 1.54) is 23.3 Å². The molecule has 32 heavy (non-hydrogen) atoms.